The van der Waals surface area contributed by atoms with Crippen LogP contribution in [0.1, 0.15) is 56.3 Å². The second-order valence-electron chi connectivity index (χ2n) is 7.48. The van der Waals surface area contributed by atoms with Gasteiger partial charge in [0, 0.05) is 11.1 Å². The number of hydrogen-bond acceptors (Lipinski definition) is 3. The summed E-state index contributed by atoms with van der Waals surface area (Å²) in [6.07, 6.45) is 12.4. The molecule has 0 amide bonds. The fourth-order valence-electron chi connectivity index (χ4n) is 5.53. The molecule has 4 saturated carbocycles. The number of nitrogens with zero attached hydrogens (tertiary/aromatic N) is 2. The van der Waals surface area contributed by atoms with E-state index in [0.29, 0.717) is 5.41 Å². The molecule has 4 aliphatic rings. The van der Waals surface area contributed by atoms with Crippen LogP contribution < -0.4 is 5.73 Å². The highest BCUT2D eigenvalue weighted by Crippen LogP contribution is 2.60. The van der Waals surface area contributed by atoms with E-state index in [1.54, 1.807) is 6.33 Å². The molecule has 0 aromatic carbocycles. The van der Waals surface area contributed by atoms with Gasteiger partial charge in [-0.05, 0) is 81.7 Å². The Kier molecular flexibility index (Phi) is 3.06. The molecule has 1 aromatic heterocycles. The van der Waals surface area contributed by atoms with Crippen LogP contribution in [0, 0.1) is 17.8 Å². The van der Waals surface area contributed by atoms with E-state index in [1.165, 1.54) is 49.9 Å². The highest BCUT2D eigenvalue weighted by Gasteiger charge is 2.52. The zero-order chi connectivity index (χ0) is 13.6. The molecule has 4 aliphatic carbocycles. The van der Waals surface area contributed by atoms with Crippen molar-refractivity contribution < 1.29 is 0 Å². The molecule has 2 N–H and O–H groups in total. The molecule has 0 spiro atoms. The molecule has 1 aromatic rings. The number of aromatic nitrogens is 2. The van der Waals surface area contributed by atoms with Crippen molar-refractivity contribution in [1.29, 1.82) is 0 Å². The van der Waals surface area contributed by atoms with Crippen molar-refractivity contribution in [2.45, 2.75) is 56.8 Å². The van der Waals surface area contributed by atoms with Crippen LogP contribution in [0.4, 0.5) is 0 Å². The maximum atomic E-state index is 5.62. The first-order valence-corrected chi connectivity index (χ1v) is 8.29. The molecule has 108 valence electrons. The minimum atomic E-state index is 0.398. The summed E-state index contributed by atoms with van der Waals surface area (Å²) in [7, 11) is 0. The smallest absolute Gasteiger partial charge is 0.115 e. The van der Waals surface area contributed by atoms with Crippen LogP contribution in [0.25, 0.3) is 0 Å². The Morgan fingerprint density at radius 2 is 1.70 bits per heavy atom. The summed E-state index contributed by atoms with van der Waals surface area (Å²) in [6, 6.07) is 2.29. The van der Waals surface area contributed by atoms with Gasteiger partial charge in [-0.1, -0.05) is 0 Å². The SMILES string of the molecule is NCCCc1cc(C23CC4CC(CC(C4)C2)C3)ncn1. The third-order valence-corrected chi connectivity index (χ3v) is 5.94. The molecule has 0 unspecified atom stereocenters. The molecular weight excluding hydrogens is 246 g/mol. The van der Waals surface area contributed by atoms with Crippen LogP contribution in [0.5, 0.6) is 0 Å². The Morgan fingerprint density at radius 3 is 2.30 bits per heavy atom. The summed E-state index contributed by atoms with van der Waals surface area (Å²) in [5, 5.41) is 0. The molecule has 0 atom stereocenters. The molecule has 0 saturated heterocycles. The third-order valence-electron chi connectivity index (χ3n) is 5.94. The van der Waals surface area contributed by atoms with Crippen molar-refractivity contribution in [3.63, 3.8) is 0 Å². The minimum absolute atomic E-state index is 0.398. The van der Waals surface area contributed by atoms with Crippen LogP contribution >= 0.6 is 0 Å². The first kappa shape index (κ1) is 12.8. The predicted molar refractivity (Wildman–Crippen MR) is 79.3 cm³/mol. The van der Waals surface area contributed by atoms with Gasteiger partial charge in [-0.25, -0.2) is 9.97 Å². The Balaban J connectivity index is 1.63. The van der Waals surface area contributed by atoms with Gasteiger partial charge in [0.1, 0.15) is 6.33 Å². The summed E-state index contributed by atoms with van der Waals surface area (Å²) < 4.78 is 0. The van der Waals surface area contributed by atoms with Gasteiger partial charge in [-0.3, -0.25) is 0 Å². The first-order chi connectivity index (χ1) is 9.77. The average Bonchev–Trinajstić information content (AvgIpc) is 2.44. The van der Waals surface area contributed by atoms with Crippen molar-refractivity contribution >= 4 is 0 Å². The molecule has 0 aliphatic heterocycles. The van der Waals surface area contributed by atoms with Crippen LogP contribution in [-0.2, 0) is 11.8 Å². The molecule has 3 nitrogen and oxygen atoms in total. The summed E-state index contributed by atoms with van der Waals surface area (Å²) in [5.74, 6) is 2.93. The van der Waals surface area contributed by atoms with E-state index in [9.17, 15) is 0 Å². The quantitative estimate of drug-likeness (QED) is 0.916. The summed E-state index contributed by atoms with van der Waals surface area (Å²) in [4.78, 5) is 9.13. The minimum Gasteiger partial charge on any atom is -0.330 e. The summed E-state index contributed by atoms with van der Waals surface area (Å²) in [5.41, 5.74) is 8.55. The average molecular weight is 271 g/mol. The second-order valence-corrected chi connectivity index (χ2v) is 7.48. The lowest BCUT2D eigenvalue weighted by Gasteiger charge is -2.56. The topological polar surface area (TPSA) is 51.8 Å². The van der Waals surface area contributed by atoms with Gasteiger partial charge < -0.3 is 5.73 Å². The Labute approximate surface area is 121 Å². The van der Waals surface area contributed by atoms with E-state index in [4.69, 9.17) is 10.7 Å². The monoisotopic (exact) mass is 271 g/mol. The molecule has 5 rings (SSSR count). The van der Waals surface area contributed by atoms with Gasteiger partial charge >= 0.3 is 0 Å². The van der Waals surface area contributed by atoms with Gasteiger partial charge in [0.2, 0.25) is 0 Å². The van der Waals surface area contributed by atoms with Gasteiger partial charge in [0.25, 0.3) is 0 Å². The third kappa shape index (κ3) is 2.07. The molecule has 20 heavy (non-hydrogen) atoms. The number of aryl methyl sites for hydroxylation is 1. The van der Waals surface area contributed by atoms with Crippen LogP contribution in [-0.4, -0.2) is 16.5 Å². The van der Waals surface area contributed by atoms with Crippen molar-refractivity contribution in [3.05, 3.63) is 23.8 Å². The van der Waals surface area contributed by atoms with E-state index < -0.39 is 0 Å². The highest BCUT2D eigenvalue weighted by atomic mass is 14.9. The largest absolute Gasteiger partial charge is 0.330 e. The standard InChI is InChI=1S/C17H25N3/c18-3-1-2-15-7-16(20-11-19-15)17-8-12-4-13(9-17)6-14(5-12)10-17/h7,11-14H,1-6,8-10,18H2. The normalized spacial score (nSPS) is 38.4. The van der Waals surface area contributed by atoms with Gasteiger partial charge in [-0.2, -0.15) is 0 Å². The lowest BCUT2D eigenvalue weighted by Crippen LogP contribution is -2.49. The van der Waals surface area contributed by atoms with E-state index >= 15 is 0 Å². The molecule has 0 radical (unpaired) electrons. The van der Waals surface area contributed by atoms with Gasteiger partial charge in [0.05, 0.1) is 5.69 Å². The van der Waals surface area contributed by atoms with Crippen molar-refractivity contribution in [3.8, 4) is 0 Å². The van der Waals surface area contributed by atoms with E-state index in [1.807, 2.05) is 0 Å². The van der Waals surface area contributed by atoms with Crippen LogP contribution in [0.3, 0.4) is 0 Å². The zero-order valence-electron chi connectivity index (χ0n) is 12.2. The van der Waals surface area contributed by atoms with E-state index in [2.05, 4.69) is 11.1 Å². The molecule has 3 heteroatoms. The summed E-state index contributed by atoms with van der Waals surface area (Å²) >= 11 is 0. The lowest BCUT2D eigenvalue weighted by molar-refractivity contribution is -0.00731. The van der Waals surface area contributed by atoms with Crippen molar-refractivity contribution in [1.82, 2.24) is 9.97 Å². The van der Waals surface area contributed by atoms with Gasteiger partial charge in [-0.15, -0.1) is 0 Å². The van der Waals surface area contributed by atoms with E-state index in [-0.39, 0.29) is 0 Å². The number of rotatable bonds is 4. The van der Waals surface area contributed by atoms with Crippen molar-refractivity contribution in [2.24, 2.45) is 23.5 Å². The fraction of sp³-hybridized carbons (Fsp3) is 0.765. The maximum absolute atomic E-state index is 5.62. The van der Waals surface area contributed by atoms with Gasteiger partial charge in [0.15, 0.2) is 0 Å². The maximum Gasteiger partial charge on any atom is 0.115 e. The Hall–Kier alpha value is -0.960. The zero-order valence-corrected chi connectivity index (χ0v) is 12.2. The fourth-order valence-corrected chi connectivity index (χ4v) is 5.53. The molecular formula is C17H25N3. The summed E-state index contributed by atoms with van der Waals surface area (Å²) in [6.45, 7) is 0.747. The highest BCUT2D eigenvalue weighted by molar-refractivity contribution is 5.24. The second kappa shape index (κ2) is 4.80. The molecule has 4 fully saturated rings. The number of nitrogens with two attached hydrogens (primary N) is 1. The first-order valence-electron chi connectivity index (χ1n) is 8.29. The molecule has 1 heterocycles. The number of hydrogen-bond donors (Lipinski definition) is 1. The van der Waals surface area contributed by atoms with E-state index in [0.717, 1.165) is 37.1 Å². The van der Waals surface area contributed by atoms with Crippen LogP contribution in [0.2, 0.25) is 0 Å². The lowest BCUT2D eigenvalue weighted by atomic mass is 9.49. The Bertz CT molecular complexity index is 461. The van der Waals surface area contributed by atoms with Crippen LogP contribution in [0.15, 0.2) is 12.4 Å². The Morgan fingerprint density at radius 1 is 1.05 bits per heavy atom. The molecule has 4 bridgehead atoms. The van der Waals surface area contributed by atoms with Crippen molar-refractivity contribution in [2.75, 3.05) is 6.54 Å². The predicted octanol–water partition coefficient (Wildman–Crippen LogP) is 2.84.